The van der Waals surface area contributed by atoms with Crippen LogP contribution in [-0.4, -0.2) is 43.3 Å². The smallest absolute Gasteiger partial charge is 0.406 e. The van der Waals surface area contributed by atoms with E-state index in [4.69, 9.17) is 0 Å². The molecular weight excluding hydrogens is 527 g/mol. The van der Waals surface area contributed by atoms with Gasteiger partial charge in [-0.1, -0.05) is 40.2 Å². The van der Waals surface area contributed by atoms with Crippen molar-refractivity contribution in [3.05, 3.63) is 64.1 Å². The van der Waals surface area contributed by atoms with Gasteiger partial charge in [0, 0.05) is 23.5 Å². The largest absolute Gasteiger partial charge is 0.573 e. The maximum absolute atomic E-state index is 13.3. The van der Waals surface area contributed by atoms with Crippen molar-refractivity contribution in [2.45, 2.75) is 57.0 Å². The van der Waals surface area contributed by atoms with E-state index in [2.05, 4.69) is 36.6 Å². The second-order valence-corrected chi connectivity index (χ2v) is 10.0. The highest BCUT2D eigenvalue weighted by Gasteiger charge is 2.35. The third kappa shape index (κ3) is 7.96. The van der Waals surface area contributed by atoms with Gasteiger partial charge in [0.15, 0.2) is 0 Å². The molecule has 2 amide bonds. The average Bonchev–Trinajstić information content (AvgIpc) is 2.80. The van der Waals surface area contributed by atoms with E-state index >= 15 is 0 Å². The normalized spacial score (nSPS) is 17.4. The predicted molar refractivity (Wildman–Crippen MR) is 130 cm³/mol. The number of benzene rings is 2. The summed E-state index contributed by atoms with van der Waals surface area (Å²) in [4.78, 5) is 26.5. The second kappa shape index (κ2) is 11.4. The number of rotatable bonds is 8. The highest BCUT2D eigenvalue weighted by Crippen LogP contribution is 2.28. The van der Waals surface area contributed by atoms with E-state index in [0.717, 1.165) is 29.4 Å². The minimum atomic E-state index is -4.80. The Bertz CT molecular complexity index is 1010. The van der Waals surface area contributed by atoms with Gasteiger partial charge in [-0.25, -0.2) is 0 Å². The van der Waals surface area contributed by atoms with Crippen molar-refractivity contribution in [2.24, 2.45) is 0 Å². The molecule has 3 N–H and O–H groups in total. The molecule has 0 aliphatic carbocycles. The Morgan fingerprint density at radius 2 is 1.77 bits per heavy atom. The van der Waals surface area contributed by atoms with E-state index in [0.29, 0.717) is 18.5 Å². The molecule has 2 aromatic rings. The lowest BCUT2D eigenvalue weighted by atomic mass is 9.83. The summed E-state index contributed by atoms with van der Waals surface area (Å²) in [6, 6.07) is 11.8. The first-order valence-corrected chi connectivity index (χ1v) is 12.2. The maximum Gasteiger partial charge on any atom is 0.573 e. The van der Waals surface area contributed by atoms with Crippen LogP contribution in [0.5, 0.6) is 5.75 Å². The quantitative estimate of drug-likeness (QED) is 0.455. The van der Waals surface area contributed by atoms with Crippen LogP contribution in [0.2, 0.25) is 0 Å². The standard InChI is InChI=1S/C25H29BrF3N3O3/c1-24(2,17-7-11-20(12-8-17)35-25(27,28)29)23(34)32-21(14-16-5-9-18(26)10-6-16)22(33)31-19-4-3-13-30-15-19/h5-12,19,21,30H,3-4,13-15H2,1-2H3,(H,31,33)(H,32,34). The Kier molecular flexibility index (Phi) is 8.82. The first-order valence-electron chi connectivity index (χ1n) is 11.4. The fraction of sp³-hybridized carbons (Fsp3) is 0.440. The SMILES string of the molecule is CC(C)(C(=O)NC(Cc1ccc(Br)cc1)C(=O)NC1CCCNC1)c1ccc(OC(F)(F)F)cc1. The number of halogens is 4. The second-order valence-electron chi connectivity index (χ2n) is 9.11. The summed E-state index contributed by atoms with van der Waals surface area (Å²) in [6.45, 7) is 4.89. The number of carbonyl (C=O) groups excluding carboxylic acids is 2. The molecule has 0 saturated carbocycles. The molecule has 1 heterocycles. The van der Waals surface area contributed by atoms with E-state index in [1.54, 1.807) is 13.8 Å². The highest BCUT2D eigenvalue weighted by molar-refractivity contribution is 9.10. The summed E-state index contributed by atoms with van der Waals surface area (Å²) in [6.07, 6.45) is -2.69. The van der Waals surface area contributed by atoms with Crippen molar-refractivity contribution < 1.29 is 27.5 Å². The van der Waals surface area contributed by atoms with Gasteiger partial charge in [-0.15, -0.1) is 13.2 Å². The van der Waals surface area contributed by atoms with Gasteiger partial charge in [-0.2, -0.15) is 0 Å². The summed E-state index contributed by atoms with van der Waals surface area (Å²) in [5.74, 6) is -1.06. The van der Waals surface area contributed by atoms with Crippen LogP contribution in [0.25, 0.3) is 0 Å². The van der Waals surface area contributed by atoms with Crippen LogP contribution in [0, 0.1) is 0 Å². The zero-order valence-corrected chi connectivity index (χ0v) is 21.1. The zero-order valence-electron chi connectivity index (χ0n) is 19.5. The molecule has 6 nitrogen and oxygen atoms in total. The van der Waals surface area contributed by atoms with Crippen LogP contribution in [0.15, 0.2) is 53.0 Å². The summed E-state index contributed by atoms with van der Waals surface area (Å²) in [7, 11) is 0. The molecule has 3 rings (SSSR count). The van der Waals surface area contributed by atoms with Crippen molar-refractivity contribution in [1.29, 1.82) is 0 Å². The molecule has 2 atom stereocenters. The predicted octanol–water partition coefficient (Wildman–Crippen LogP) is 4.22. The monoisotopic (exact) mass is 555 g/mol. The molecule has 35 heavy (non-hydrogen) atoms. The van der Waals surface area contributed by atoms with Gasteiger partial charge in [0.2, 0.25) is 11.8 Å². The van der Waals surface area contributed by atoms with Crippen molar-refractivity contribution in [3.63, 3.8) is 0 Å². The number of nitrogens with one attached hydrogen (secondary N) is 3. The number of alkyl halides is 3. The number of piperidine rings is 1. The lowest BCUT2D eigenvalue weighted by Gasteiger charge is -2.30. The van der Waals surface area contributed by atoms with Crippen LogP contribution in [-0.2, 0) is 21.4 Å². The number of hydrogen-bond acceptors (Lipinski definition) is 4. The molecule has 1 aliphatic rings. The summed E-state index contributed by atoms with van der Waals surface area (Å²) >= 11 is 3.39. The summed E-state index contributed by atoms with van der Waals surface area (Å²) in [5, 5.41) is 9.15. The van der Waals surface area contributed by atoms with Crippen molar-refractivity contribution >= 4 is 27.7 Å². The minimum Gasteiger partial charge on any atom is -0.406 e. The third-order valence-corrected chi connectivity index (χ3v) is 6.52. The topological polar surface area (TPSA) is 79.5 Å². The van der Waals surface area contributed by atoms with E-state index < -0.39 is 23.7 Å². The van der Waals surface area contributed by atoms with Crippen LogP contribution < -0.4 is 20.7 Å². The Hall–Kier alpha value is -2.59. The molecule has 1 aliphatic heterocycles. The molecule has 0 bridgehead atoms. The summed E-state index contributed by atoms with van der Waals surface area (Å²) in [5.41, 5.74) is 0.257. The minimum absolute atomic E-state index is 0.0187. The van der Waals surface area contributed by atoms with Crippen molar-refractivity contribution in [1.82, 2.24) is 16.0 Å². The Morgan fingerprint density at radius 1 is 1.11 bits per heavy atom. The number of ether oxygens (including phenoxy) is 1. The molecule has 0 spiro atoms. The van der Waals surface area contributed by atoms with Crippen molar-refractivity contribution in [2.75, 3.05) is 13.1 Å². The van der Waals surface area contributed by atoms with E-state index in [1.807, 2.05) is 24.3 Å². The zero-order chi connectivity index (χ0) is 25.6. The van der Waals surface area contributed by atoms with Gasteiger partial charge in [0.05, 0.1) is 5.41 Å². The fourth-order valence-electron chi connectivity index (χ4n) is 3.89. The third-order valence-electron chi connectivity index (χ3n) is 6.00. The Balaban J connectivity index is 1.75. The molecule has 0 aromatic heterocycles. The van der Waals surface area contributed by atoms with Gasteiger partial charge in [0.1, 0.15) is 11.8 Å². The molecule has 2 aromatic carbocycles. The Labute approximate surface area is 211 Å². The number of amides is 2. The van der Waals surface area contributed by atoms with E-state index in [1.165, 1.54) is 24.3 Å². The lowest BCUT2D eigenvalue weighted by Crippen LogP contribution is -2.56. The van der Waals surface area contributed by atoms with Gasteiger partial charge in [0.25, 0.3) is 0 Å². The summed E-state index contributed by atoms with van der Waals surface area (Å²) < 4.78 is 42.2. The van der Waals surface area contributed by atoms with Gasteiger partial charge in [-0.05, 0) is 68.6 Å². The highest BCUT2D eigenvalue weighted by atomic mass is 79.9. The number of hydrogen-bond donors (Lipinski definition) is 3. The molecule has 2 unspecified atom stereocenters. The van der Waals surface area contributed by atoms with Crippen LogP contribution >= 0.6 is 15.9 Å². The Morgan fingerprint density at radius 3 is 2.34 bits per heavy atom. The molecule has 1 saturated heterocycles. The van der Waals surface area contributed by atoms with Gasteiger partial charge in [-0.3, -0.25) is 9.59 Å². The fourth-order valence-corrected chi connectivity index (χ4v) is 4.15. The van der Waals surface area contributed by atoms with Gasteiger partial charge < -0.3 is 20.7 Å². The van der Waals surface area contributed by atoms with E-state index in [9.17, 15) is 22.8 Å². The molecular formula is C25H29BrF3N3O3. The first-order chi connectivity index (χ1) is 16.4. The lowest BCUT2D eigenvalue weighted by molar-refractivity contribution is -0.274. The molecule has 190 valence electrons. The first kappa shape index (κ1) is 27.0. The van der Waals surface area contributed by atoms with E-state index in [-0.39, 0.29) is 17.7 Å². The number of carbonyl (C=O) groups is 2. The van der Waals surface area contributed by atoms with Crippen LogP contribution in [0.4, 0.5) is 13.2 Å². The average molecular weight is 556 g/mol. The van der Waals surface area contributed by atoms with Crippen LogP contribution in [0.1, 0.15) is 37.8 Å². The van der Waals surface area contributed by atoms with Gasteiger partial charge >= 0.3 is 6.36 Å². The molecule has 0 radical (unpaired) electrons. The maximum atomic E-state index is 13.3. The molecule has 10 heteroatoms. The van der Waals surface area contributed by atoms with Crippen molar-refractivity contribution in [3.8, 4) is 5.75 Å². The van der Waals surface area contributed by atoms with Crippen LogP contribution in [0.3, 0.4) is 0 Å². The molecule has 1 fully saturated rings.